The largest absolute Gasteiger partial charge is 0.467 e. The Balaban J connectivity index is 4.09. The van der Waals surface area contributed by atoms with E-state index in [0.29, 0.717) is 13.2 Å². The van der Waals surface area contributed by atoms with Crippen molar-refractivity contribution in [2.45, 2.75) is 19.9 Å². The summed E-state index contributed by atoms with van der Waals surface area (Å²) in [4.78, 5) is 22.7. The van der Waals surface area contributed by atoms with Gasteiger partial charge < -0.3 is 20.1 Å². The van der Waals surface area contributed by atoms with Crippen molar-refractivity contribution in [3.63, 3.8) is 0 Å². The van der Waals surface area contributed by atoms with Crippen LogP contribution in [0.4, 0.5) is 4.79 Å². The summed E-state index contributed by atoms with van der Waals surface area (Å²) in [5, 5.41) is 5.11. The maximum Gasteiger partial charge on any atom is 0.328 e. The zero-order valence-corrected chi connectivity index (χ0v) is 10.2. The SMILES string of the molecule is COCCNC(=O)N[C@H](C(=O)OC)C(C)C. The second kappa shape index (κ2) is 7.92. The average Bonchev–Trinajstić information content (AvgIpc) is 2.25. The topological polar surface area (TPSA) is 76.7 Å². The molecule has 0 saturated heterocycles. The Bertz CT molecular complexity index is 231. The Labute approximate surface area is 95.7 Å². The highest BCUT2D eigenvalue weighted by Crippen LogP contribution is 2.02. The summed E-state index contributed by atoms with van der Waals surface area (Å²) < 4.78 is 9.37. The fourth-order valence-corrected chi connectivity index (χ4v) is 1.08. The lowest BCUT2D eigenvalue weighted by molar-refractivity contribution is -0.143. The number of hydrogen-bond donors (Lipinski definition) is 2. The first-order valence-corrected chi connectivity index (χ1v) is 5.14. The Morgan fingerprint density at radius 3 is 2.31 bits per heavy atom. The Morgan fingerprint density at radius 2 is 1.88 bits per heavy atom. The quantitative estimate of drug-likeness (QED) is 0.504. The molecular weight excluding hydrogens is 212 g/mol. The Hall–Kier alpha value is -1.30. The maximum absolute atomic E-state index is 11.4. The van der Waals surface area contributed by atoms with Crippen LogP contribution in [-0.4, -0.2) is 45.4 Å². The number of ether oxygens (including phenoxy) is 2. The third-order valence-electron chi connectivity index (χ3n) is 2.00. The normalized spacial score (nSPS) is 12.1. The summed E-state index contributed by atoms with van der Waals surface area (Å²) in [6.07, 6.45) is 0. The van der Waals surface area contributed by atoms with Crippen molar-refractivity contribution in [3.05, 3.63) is 0 Å². The number of rotatable bonds is 6. The molecule has 6 nitrogen and oxygen atoms in total. The first kappa shape index (κ1) is 14.7. The molecule has 0 fully saturated rings. The van der Waals surface area contributed by atoms with Crippen LogP contribution in [0.2, 0.25) is 0 Å². The number of methoxy groups -OCH3 is 2. The molecule has 94 valence electrons. The van der Waals surface area contributed by atoms with Crippen molar-refractivity contribution < 1.29 is 19.1 Å². The van der Waals surface area contributed by atoms with E-state index < -0.39 is 18.0 Å². The van der Waals surface area contributed by atoms with Gasteiger partial charge in [0.2, 0.25) is 0 Å². The minimum atomic E-state index is -0.632. The van der Waals surface area contributed by atoms with Crippen LogP contribution in [0.5, 0.6) is 0 Å². The van der Waals surface area contributed by atoms with Gasteiger partial charge in [-0.15, -0.1) is 0 Å². The van der Waals surface area contributed by atoms with Crippen LogP contribution >= 0.6 is 0 Å². The van der Waals surface area contributed by atoms with Crippen molar-refractivity contribution >= 4 is 12.0 Å². The van der Waals surface area contributed by atoms with Crippen molar-refractivity contribution in [1.82, 2.24) is 10.6 Å². The van der Waals surface area contributed by atoms with E-state index in [9.17, 15) is 9.59 Å². The zero-order valence-electron chi connectivity index (χ0n) is 10.2. The summed E-state index contributed by atoms with van der Waals surface area (Å²) in [6, 6.07) is -1.03. The van der Waals surface area contributed by atoms with E-state index in [1.165, 1.54) is 7.11 Å². The van der Waals surface area contributed by atoms with Gasteiger partial charge in [-0.3, -0.25) is 0 Å². The molecule has 0 heterocycles. The second-order valence-corrected chi connectivity index (χ2v) is 3.64. The molecule has 16 heavy (non-hydrogen) atoms. The van der Waals surface area contributed by atoms with Gasteiger partial charge in [-0.2, -0.15) is 0 Å². The molecule has 1 atom stereocenters. The van der Waals surface area contributed by atoms with E-state index >= 15 is 0 Å². The fourth-order valence-electron chi connectivity index (χ4n) is 1.08. The van der Waals surface area contributed by atoms with E-state index in [1.807, 2.05) is 13.8 Å². The summed E-state index contributed by atoms with van der Waals surface area (Å²) in [7, 11) is 2.84. The summed E-state index contributed by atoms with van der Waals surface area (Å²) in [5.74, 6) is -0.475. The number of carbonyl (C=O) groups excluding carboxylic acids is 2. The van der Waals surface area contributed by atoms with Crippen LogP contribution < -0.4 is 10.6 Å². The van der Waals surface area contributed by atoms with E-state index in [4.69, 9.17) is 4.74 Å². The fraction of sp³-hybridized carbons (Fsp3) is 0.800. The molecule has 0 aromatic heterocycles. The monoisotopic (exact) mass is 232 g/mol. The molecule has 0 rings (SSSR count). The summed E-state index contributed by atoms with van der Waals surface area (Å²) >= 11 is 0. The van der Waals surface area contributed by atoms with Crippen LogP contribution in [-0.2, 0) is 14.3 Å². The van der Waals surface area contributed by atoms with Gasteiger partial charge in [0.1, 0.15) is 6.04 Å². The molecule has 0 unspecified atom stereocenters. The van der Waals surface area contributed by atoms with Gasteiger partial charge in [-0.05, 0) is 5.92 Å². The predicted molar refractivity (Wildman–Crippen MR) is 59.1 cm³/mol. The van der Waals surface area contributed by atoms with Gasteiger partial charge in [0.15, 0.2) is 0 Å². The highest BCUT2D eigenvalue weighted by atomic mass is 16.5. The van der Waals surface area contributed by atoms with Crippen molar-refractivity contribution in [2.75, 3.05) is 27.4 Å². The molecule has 2 amide bonds. The maximum atomic E-state index is 11.4. The summed E-state index contributed by atoms with van der Waals surface area (Å²) in [6.45, 7) is 4.49. The minimum absolute atomic E-state index is 0.0272. The molecule has 0 aliphatic carbocycles. The molecule has 6 heteroatoms. The predicted octanol–water partition coefficient (Wildman–Crippen LogP) is 0.130. The molecular formula is C10H20N2O4. The Morgan fingerprint density at radius 1 is 1.25 bits per heavy atom. The van der Waals surface area contributed by atoms with E-state index in [2.05, 4.69) is 15.4 Å². The van der Waals surface area contributed by atoms with Gasteiger partial charge in [0.05, 0.1) is 13.7 Å². The van der Waals surface area contributed by atoms with E-state index in [1.54, 1.807) is 7.11 Å². The molecule has 0 aromatic rings. The standard InChI is InChI=1S/C10H20N2O4/c1-7(2)8(9(13)16-4)12-10(14)11-5-6-15-3/h7-8H,5-6H2,1-4H3,(H2,11,12,14)/t8-/m0/s1. The second-order valence-electron chi connectivity index (χ2n) is 3.64. The number of urea groups is 1. The molecule has 0 bridgehead atoms. The van der Waals surface area contributed by atoms with Crippen LogP contribution in [0.1, 0.15) is 13.8 Å². The Kier molecular flexibility index (Phi) is 7.28. The third-order valence-corrected chi connectivity index (χ3v) is 2.00. The molecule has 0 aromatic carbocycles. The first-order chi connectivity index (χ1) is 7.52. The molecule has 0 spiro atoms. The lowest BCUT2D eigenvalue weighted by atomic mass is 10.1. The number of esters is 1. The minimum Gasteiger partial charge on any atom is -0.467 e. The number of amides is 2. The molecule has 0 aliphatic rings. The summed E-state index contributed by atoms with van der Waals surface area (Å²) in [5.41, 5.74) is 0. The van der Waals surface area contributed by atoms with Crippen LogP contribution in [0.25, 0.3) is 0 Å². The van der Waals surface area contributed by atoms with Crippen molar-refractivity contribution in [3.8, 4) is 0 Å². The molecule has 0 aliphatic heterocycles. The number of nitrogens with one attached hydrogen (secondary N) is 2. The zero-order chi connectivity index (χ0) is 12.6. The van der Waals surface area contributed by atoms with Crippen molar-refractivity contribution in [2.24, 2.45) is 5.92 Å². The van der Waals surface area contributed by atoms with Gasteiger partial charge in [0.25, 0.3) is 0 Å². The van der Waals surface area contributed by atoms with E-state index in [0.717, 1.165) is 0 Å². The highest BCUT2D eigenvalue weighted by Gasteiger charge is 2.24. The van der Waals surface area contributed by atoms with Gasteiger partial charge in [0, 0.05) is 13.7 Å². The molecule has 2 N–H and O–H groups in total. The van der Waals surface area contributed by atoms with E-state index in [-0.39, 0.29) is 5.92 Å². The molecule has 0 radical (unpaired) electrons. The van der Waals surface area contributed by atoms with Crippen LogP contribution in [0.3, 0.4) is 0 Å². The lowest BCUT2D eigenvalue weighted by Gasteiger charge is -2.19. The molecule has 0 saturated carbocycles. The van der Waals surface area contributed by atoms with Gasteiger partial charge in [-0.1, -0.05) is 13.8 Å². The van der Waals surface area contributed by atoms with Crippen LogP contribution in [0, 0.1) is 5.92 Å². The number of carbonyl (C=O) groups is 2. The third kappa shape index (κ3) is 5.55. The van der Waals surface area contributed by atoms with Crippen LogP contribution in [0.15, 0.2) is 0 Å². The average molecular weight is 232 g/mol. The highest BCUT2D eigenvalue weighted by molar-refractivity contribution is 5.83. The smallest absolute Gasteiger partial charge is 0.328 e. The van der Waals surface area contributed by atoms with Gasteiger partial charge in [-0.25, -0.2) is 9.59 Å². The first-order valence-electron chi connectivity index (χ1n) is 5.14. The number of hydrogen-bond acceptors (Lipinski definition) is 4. The van der Waals surface area contributed by atoms with Crippen molar-refractivity contribution in [1.29, 1.82) is 0 Å². The lowest BCUT2D eigenvalue weighted by Crippen LogP contribution is -2.49. The van der Waals surface area contributed by atoms with Gasteiger partial charge >= 0.3 is 12.0 Å².